The van der Waals surface area contributed by atoms with E-state index in [0.29, 0.717) is 36.0 Å². The third-order valence-electron chi connectivity index (χ3n) is 3.35. The van der Waals surface area contributed by atoms with Gasteiger partial charge < -0.3 is 10.2 Å². The highest BCUT2D eigenvalue weighted by Crippen LogP contribution is 2.27. The molecule has 108 valence electrons. The van der Waals surface area contributed by atoms with Gasteiger partial charge in [-0.2, -0.15) is 0 Å². The monoisotopic (exact) mass is 314 g/mol. The summed E-state index contributed by atoms with van der Waals surface area (Å²) in [5, 5.41) is 3.65. The first-order valence-electron chi connectivity index (χ1n) is 6.54. The first-order chi connectivity index (χ1) is 9.52. The fourth-order valence-corrected chi connectivity index (χ4v) is 2.59. The zero-order valence-electron chi connectivity index (χ0n) is 11.2. The average molecular weight is 315 g/mol. The van der Waals surface area contributed by atoms with Gasteiger partial charge in [0, 0.05) is 19.5 Å². The van der Waals surface area contributed by atoms with E-state index in [1.165, 1.54) is 0 Å². The number of carbonyl (C=O) groups is 2. The molecule has 1 N–H and O–H groups in total. The number of hydrogen-bond donors (Lipinski definition) is 1. The van der Waals surface area contributed by atoms with Crippen LogP contribution in [0, 0.1) is 0 Å². The van der Waals surface area contributed by atoms with Crippen LogP contribution >= 0.6 is 23.2 Å². The van der Waals surface area contributed by atoms with Gasteiger partial charge in [-0.05, 0) is 18.1 Å². The number of benzene rings is 1. The van der Waals surface area contributed by atoms with Gasteiger partial charge in [0.05, 0.1) is 10.0 Å². The van der Waals surface area contributed by atoms with Crippen molar-refractivity contribution >= 4 is 35.0 Å². The zero-order valence-corrected chi connectivity index (χ0v) is 12.7. The summed E-state index contributed by atoms with van der Waals surface area (Å²) in [7, 11) is 0. The van der Waals surface area contributed by atoms with Crippen LogP contribution in [0.2, 0.25) is 10.0 Å². The summed E-state index contributed by atoms with van der Waals surface area (Å²) in [4.78, 5) is 25.6. The summed E-state index contributed by atoms with van der Waals surface area (Å²) in [5.74, 6) is -0.167. The number of amides is 2. The van der Waals surface area contributed by atoms with Gasteiger partial charge in [-0.25, -0.2) is 0 Å². The lowest BCUT2D eigenvalue weighted by Gasteiger charge is -2.24. The number of nitrogens with zero attached hydrogens (tertiary/aromatic N) is 1. The van der Waals surface area contributed by atoms with Crippen LogP contribution in [0.15, 0.2) is 18.2 Å². The Morgan fingerprint density at radius 1 is 1.35 bits per heavy atom. The van der Waals surface area contributed by atoms with E-state index in [1.807, 2.05) is 13.0 Å². The molecule has 0 spiro atoms. The molecule has 0 aliphatic carbocycles. The van der Waals surface area contributed by atoms with Crippen molar-refractivity contribution in [2.45, 2.75) is 32.4 Å². The Balaban J connectivity index is 2.20. The van der Waals surface area contributed by atoms with Crippen molar-refractivity contribution in [3.63, 3.8) is 0 Å². The molecular formula is C14H16Cl2N2O2. The molecule has 1 fully saturated rings. The van der Waals surface area contributed by atoms with E-state index in [2.05, 4.69) is 5.32 Å². The molecule has 1 aliphatic heterocycles. The molecule has 1 saturated heterocycles. The third kappa shape index (κ3) is 3.25. The molecule has 1 atom stereocenters. The largest absolute Gasteiger partial charge is 0.344 e. The predicted octanol–water partition coefficient (Wildman–Crippen LogP) is 2.62. The van der Waals surface area contributed by atoms with Crippen LogP contribution in [-0.2, 0) is 16.1 Å². The Kier molecular flexibility index (Phi) is 4.89. The minimum Gasteiger partial charge on any atom is -0.344 e. The lowest BCUT2D eigenvalue weighted by molar-refractivity contribution is -0.134. The fraction of sp³-hybridized carbons (Fsp3) is 0.429. The van der Waals surface area contributed by atoms with Crippen LogP contribution in [0.25, 0.3) is 0 Å². The number of hydrogen-bond acceptors (Lipinski definition) is 2. The maximum Gasteiger partial charge on any atom is 0.245 e. The van der Waals surface area contributed by atoms with Crippen molar-refractivity contribution in [2.24, 2.45) is 0 Å². The maximum absolute atomic E-state index is 12.4. The van der Waals surface area contributed by atoms with Gasteiger partial charge in [-0.15, -0.1) is 0 Å². The molecule has 0 saturated carbocycles. The molecule has 0 bridgehead atoms. The van der Waals surface area contributed by atoms with Gasteiger partial charge in [0.2, 0.25) is 11.8 Å². The van der Waals surface area contributed by atoms with Gasteiger partial charge >= 0.3 is 0 Å². The first-order valence-corrected chi connectivity index (χ1v) is 7.29. The Morgan fingerprint density at radius 2 is 2.10 bits per heavy atom. The van der Waals surface area contributed by atoms with Gasteiger partial charge in [0.15, 0.2) is 0 Å². The van der Waals surface area contributed by atoms with Crippen molar-refractivity contribution < 1.29 is 9.59 Å². The fourth-order valence-electron chi connectivity index (χ4n) is 2.21. The van der Waals surface area contributed by atoms with Crippen molar-refractivity contribution in [3.8, 4) is 0 Å². The summed E-state index contributed by atoms with van der Waals surface area (Å²) in [5.41, 5.74) is 0.789. The minimum atomic E-state index is -0.456. The normalized spacial score (nSPS) is 19.8. The van der Waals surface area contributed by atoms with E-state index in [9.17, 15) is 9.59 Å². The van der Waals surface area contributed by atoms with Gasteiger partial charge in [-0.1, -0.05) is 42.3 Å². The molecule has 2 amide bonds. The molecule has 1 unspecified atom stereocenters. The molecule has 20 heavy (non-hydrogen) atoms. The van der Waals surface area contributed by atoms with Crippen molar-refractivity contribution in [1.82, 2.24) is 10.2 Å². The highest BCUT2D eigenvalue weighted by Gasteiger charge is 2.28. The maximum atomic E-state index is 12.4. The second kappa shape index (κ2) is 6.46. The van der Waals surface area contributed by atoms with Gasteiger partial charge in [0.1, 0.15) is 6.04 Å². The summed E-state index contributed by atoms with van der Waals surface area (Å²) in [6, 6.07) is 4.88. The van der Waals surface area contributed by atoms with E-state index in [4.69, 9.17) is 23.2 Å². The van der Waals surface area contributed by atoms with Crippen LogP contribution in [0.3, 0.4) is 0 Å². The molecular weight excluding hydrogens is 299 g/mol. The van der Waals surface area contributed by atoms with Crippen LogP contribution in [0.4, 0.5) is 0 Å². The van der Waals surface area contributed by atoms with Crippen LogP contribution in [-0.4, -0.2) is 29.3 Å². The van der Waals surface area contributed by atoms with E-state index in [1.54, 1.807) is 17.0 Å². The van der Waals surface area contributed by atoms with E-state index < -0.39 is 6.04 Å². The summed E-state index contributed by atoms with van der Waals surface area (Å²) >= 11 is 12.1. The first kappa shape index (κ1) is 15.1. The topological polar surface area (TPSA) is 49.4 Å². The summed E-state index contributed by atoms with van der Waals surface area (Å²) in [6.07, 6.45) is 0.880. The quantitative estimate of drug-likeness (QED) is 0.932. The smallest absolute Gasteiger partial charge is 0.245 e. The highest BCUT2D eigenvalue weighted by molar-refractivity contribution is 6.42. The van der Waals surface area contributed by atoms with Gasteiger partial charge in [-0.3, -0.25) is 9.59 Å². The van der Waals surface area contributed by atoms with Crippen LogP contribution in [0.1, 0.15) is 25.3 Å². The van der Waals surface area contributed by atoms with E-state index in [0.717, 1.165) is 5.56 Å². The molecule has 0 aromatic heterocycles. The number of nitrogens with one attached hydrogen (secondary N) is 1. The second-order valence-corrected chi connectivity index (χ2v) is 5.54. The molecule has 1 aromatic rings. The molecule has 1 aromatic carbocycles. The molecule has 0 radical (unpaired) electrons. The lowest BCUT2D eigenvalue weighted by atomic mass is 10.1. The Bertz CT molecular complexity index is 534. The van der Waals surface area contributed by atoms with Gasteiger partial charge in [0.25, 0.3) is 0 Å². The average Bonchev–Trinajstić information content (AvgIpc) is 2.56. The molecule has 4 nitrogen and oxygen atoms in total. The molecule has 6 heteroatoms. The predicted molar refractivity (Wildman–Crippen MR) is 78.7 cm³/mol. The third-order valence-corrected chi connectivity index (χ3v) is 4.21. The minimum absolute atomic E-state index is 0.0746. The Hall–Kier alpha value is -1.26. The van der Waals surface area contributed by atoms with Crippen molar-refractivity contribution in [2.75, 3.05) is 6.54 Å². The Morgan fingerprint density at radius 3 is 2.80 bits per heavy atom. The highest BCUT2D eigenvalue weighted by atomic mass is 35.5. The molecule has 2 rings (SSSR count). The number of carbonyl (C=O) groups excluding carboxylic acids is 2. The van der Waals surface area contributed by atoms with E-state index >= 15 is 0 Å². The Labute approximate surface area is 128 Å². The summed E-state index contributed by atoms with van der Waals surface area (Å²) in [6.45, 7) is 2.63. The zero-order chi connectivity index (χ0) is 14.7. The van der Waals surface area contributed by atoms with Crippen molar-refractivity contribution in [1.29, 1.82) is 0 Å². The van der Waals surface area contributed by atoms with Crippen LogP contribution < -0.4 is 5.32 Å². The molecule has 1 heterocycles. The number of halogens is 2. The number of rotatable bonds is 3. The van der Waals surface area contributed by atoms with E-state index in [-0.39, 0.29) is 11.8 Å². The SMILES string of the molecule is CCC1NC(=O)CCN(Cc2cccc(Cl)c2Cl)C1=O. The van der Waals surface area contributed by atoms with Crippen LogP contribution in [0.5, 0.6) is 0 Å². The molecule has 1 aliphatic rings. The standard InChI is InChI=1S/C14H16Cl2N2O2/c1-2-11-14(20)18(7-6-12(19)17-11)8-9-4-3-5-10(15)13(9)16/h3-5,11H,2,6-8H2,1H3,(H,17,19). The second-order valence-electron chi connectivity index (χ2n) is 4.75. The lowest BCUT2D eigenvalue weighted by Crippen LogP contribution is -2.43. The van der Waals surface area contributed by atoms with Crippen molar-refractivity contribution in [3.05, 3.63) is 33.8 Å². The summed E-state index contributed by atoms with van der Waals surface area (Å²) < 4.78 is 0.